The third-order valence-corrected chi connectivity index (χ3v) is 3.77. The van der Waals surface area contributed by atoms with Crippen molar-refractivity contribution in [2.45, 2.75) is 56.8 Å². The summed E-state index contributed by atoms with van der Waals surface area (Å²) in [5.41, 5.74) is -2.87. The number of unbranched alkanes of at least 4 members (excludes halogenated alkanes) is 3. The molecule has 8 nitrogen and oxygen atoms in total. The van der Waals surface area contributed by atoms with E-state index in [9.17, 15) is 30.0 Å². The van der Waals surface area contributed by atoms with E-state index in [0.29, 0.717) is 12.8 Å². The van der Waals surface area contributed by atoms with Crippen molar-refractivity contribution in [3.63, 3.8) is 0 Å². The molecule has 8 heteroatoms. The van der Waals surface area contributed by atoms with Crippen LogP contribution in [0.3, 0.4) is 0 Å². The standard InChI is InChI=1S/C14H26O8/c1-2-3-4-5-6-9(13(20)21)14(22,11(18)8-16)12(19)10(17)7-15/h9-10,12,15-17,19,22H,2-8H2,1H3,(H,20,21)/t9?,10-,12-,14-/m1/s1. The third-order valence-electron chi connectivity index (χ3n) is 3.77. The minimum absolute atomic E-state index is 0.104. The molecule has 6 N–H and O–H groups in total. The van der Waals surface area contributed by atoms with Crippen molar-refractivity contribution < 1.29 is 40.2 Å². The van der Waals surface area contributed by atoms with Crippen molar-refractivity contribution >= 4 is 11.8 Å². The molecule has 1 unspecified atom stereocenters. The van der Waals surface area contributed by atoms with Crippen LogP contribution in [0.15, 0.2) is 0 Å². The maximum absolute atomic E-state index is 11.8. The van der Waals surface area contributed by atoms with E-state index in [-0.39, 0.29) is 6.42 Å². The van der Waals surface area contributed by atoms with Gasteiger partial charge in [0.1, 0.15) is 18.8 Å². The Balaban J connectivity index is 5.39. The van der Waals surface area contributed by atoms with Crippen LogP contribution in [0.4, 0.5) is 0 Å². The summed E-state index contributed by atoms with van der Waals surface area (Å²) in [5, 5.41) is 56.9. The number of aliphatic hydroxyl groups excluding tert-OH is 4. The molecule has 0 aliphatic rings. The number of carboxylic acids is 1. The maximum atomic E-state index is 11.8. The second-order valence-electron chi connectivity index (χ2n) is 5.34. The highest BCUT2D eigenvalue weighted by Gasteiger charge is 2.54. The Morgan fingerprint density at radius 1 is 1.09 bits per heavy atom. The Bertz CT molecular complexity index is 359. The Labute approximate surface area is 129 Å². The molecule has 0 saturated carbocycles. The molecule has 0 aromatic heterocycles. The summed E-state index contributed by atoms with van der Waals surface area (Å²) >= 11 is 0. The number of carboxylic acid groups (broad SMARTS) is 1. The zero-order valence-corrected chi connectivity index (χ0v) is 12.7. The predicted molar refractivity (Wildman–Crippen MR) is 76.0 cm³/mol. The maximum Gasteiger partial charge on any atom is 0.310 e. The van der Waals surface area contributed by atoms with Gasteiger partial charge in [-0.05, 0) is 6.42 Å². The first-order valence-corrected chi connectivity index (χ1v) is 7.33. The quantitative estimate of drug-likeness (QED) is 0.241. The van der Waals surface area contributed by atoms with E-state index < -0.39 is 48.7 Å². The molecule has 0 amide bonds. The van der Waals surface area contributed by atoms with Gasteiger partial charge in [0.25, 0.3) is 0 Å². The van der Waals surface area contributed by atoms with Crippen LogP contribution in [0, 0.1) is 5.92 Å². The van der Waals surface area contributed by atoms with Crippen LogP contribution in [-0.2, 0) is 9.59 Å². The molecule has 22 heavy (non-hydrogen) atoms. The summed E-state index contributed by atoms with van der Waals surface area (Å²) in [6, 6.07) is 0. The molecule has 0 aromatic carbocycles. The number of aliphatic carboxylic acids is 1. The van der Waals surface area contributed by atoms with Crippen LogP contribution < -0.4 is 0 Å². The van der Waals surface area contributed by atoms with Gasteiger partial charge in [0.2, 0.25) is 0 Å². The van der Waals surface area contributed by atoms with Crippen LogP contribution >= 0.6 is 0 Å². The lowest BCUT2D eigenvalue weighted by atomic mass is 9.75. The Kier molecular flexibility index (Phi) is 9.38. The SMILES string of the molecule is CCCCCCC(C(=O)O)[C@@](O)(C(=O)CO)[C@H](O)[C@H](O)CO. The molecule has 0 aromatic rings. The Hall–Kier alpha value is -1.06. The van der Waals surface area contributed by atoms with Gasteiger partial charge in [0, 0.05) is 0 Å². The summed E-state index contributed by atoms with van der Waals surface area (Å²) in [4.78, 5) is 23.2. The van der Waals surface area contributed by atoms with Gasteiger partial charge in [0.05, 0.1) is 12.5 Å². The summed E-state index contributed by atoms with van der Waals surface area (Å²) in [6.45, 7) is -0.198. The molecule has 0 spiro atoms. The van der Waals surface area contributed by atoms with Crippen LogP contribution in [0.2, 0.25) is 0 Å². The van der Waals surface area contributed by atoms with Gasteiger partial charge in [-0.15, -0.1) is 0 Å². The molecular weight excluding hydrogens is 296 g/mol. The molecular formula is C14H26O8. The van der Waals surface area contributed by atoms with E-state index in [1.807, 2.05) is 6.92 Å². The summed E-state index contributed by atoms with van der Waals surface area (Å²) < 4.78 is 0. The van der Waals surface area contributed by atoms with Gasteiger partial charge in [-0.1, -0.05) is 32.6 Å². The lowest BCUT2D eigenvalue weighted by Crippen LogP contribution is -2.62. The lowest BCUT2D eigenvalue weighted by Gasteiger charge is -2.37. The summed E-state index contributed by atoms with van der Waals surface area (Å²) in [6.07, 6.45) is -1.39. The Morgan fingerprint density at radius 2 is 1.68 bits per heavy atom. The molecule has 0 aliphatic heterocycles. The van der Waals surface area contributed by atoms with Crippen LogP contribution in [0.1, 0.15) is 39.0 Å². The van der Waals surface area contributed by atoms with Crippen molar-refractivity contribution in [1.82, 2.24) is 0 Å². The fraction of sp³-hybridized carbons (Fsp3) is 0.857. The van der Waals surface area contributed by atoms with E-state index in [2.05, 4.69) is 0 Å². The molecule has 4 atom stereocenters. The van der Waals surface area contributed by atoms with Crippen LogP contribution in [0.5, 0.6) is 0 Å². The Morgan fingerprint density at radius 3 is 2.09 bits per heavy atom. The largest absolute Gasteiger partial charge is 0.481 e. The number of aliphatic hydroxyl groups is 5. The number of Topliss-reactive ketones (excluding diaryl/α,β-unsaturated/α-hetero) is 1. The summed E-state index contributed by atoms with van der Waals surface area (Å²) in [5.74, 6) is -4.53. The monoisotopic (exact) mass is 322 g/mol. The van der Waals surface area contributed by atoms with Gasteiger partial charge in [-0.25, -0.2) is 0 Å². The van der Waals surface area contributed by atoms with E-state index in [0.717, 1.165) is 12.8 Å². The molecule has 130 valence electrons. The lowest BCUT2D eigenvalue weighted by molar-refractivity contribution is -0.191. The number of ketones is 1. The van der Waals surface area contributed by atoms with Crippen LogP contribution in [0.25, 0.3) is 0 Å². The first-order valence-electron chi connectivity index (χ1n) is 7.33. The van der Waals surface area contributed by atoms with Crippen molar-refractivity contribution in [1.29, 1.82) is 0 Å². The van der Waals surface area contributed by atoms with Gasteiger partial charge in [-0.3, -0.25) is 9.59 Å². The molecule has 0 bridgehead atoms. The molecule has 0 fully saturated rings. The van der Waals surface area contributed by atoms with E-state index in [1.54, 1.807) is 0 Å². The molecule has 0 radical (unpaired) electrons. The minimum Gasteiger partial charge on any atom is -0.481 e. The van der Waals surface area contributed by atoms with Gasteiger partial charge >= 0.3 is 5.97 Å². The smallest absolute Gasteiger partial charge is 0.310 e. The fourth-order valence-corrected chi connectivity index (χ4v) is 2.39. The van der Waals surface area contributed by atoms with Gasteiger partial charge < -0.3 is 30.6 Å². The van der Waals surface area contributed by atoms with Crippen LogP contribution in [-0.4, -0.2) is 73.4 Å². The molecule has 0 rings (SSSR count). The van der Waals surface area contributed by atoms with Gasteiger partial charge in [-0.2, -0.15) is 0 Å². The van der Waals surface area contributed by atoms with Crippen molar-refractivity contribution in [3.05, 3.63) is 0 Å². The second kappa shape index (κ2) is 9.86. The van der Waals surface area contributed by atoms with Crippen molar-refractivity contribution in [2.75, 3.05) is 13.2 Å². The normalized spacial score (nSPS) is 18.3. The van der Waals surface area contributed by atoms with Crippen molar-refractivity contribution in [3.8, 4) is 0 Å². The zero-order chi connectivity index (χ0) is 17.3. The predicted octanol–water partition coefficient (Wildman–Crippen LogP) is -1.34. The fourth-order valence-electron chi connectivity index (χ4n) is 2.39. The first-order chi connectivity index (χ1) is 10.3. The van der Waals surface area contributed by atoms with E-state index in [4.69, 9.17) is 10.2 Å². The molecule has 0 heterocycles. The van der Waals surface area contributed by atoms with Gasteiger partial charge in [0.15, 0.2) is 11.4 Å². The highest BCUT2D eigenvalue weighted by atomic mass is 16.4. The second-order valence-corrected chi connectivity index (χ2v) is 5.34. The average Bonchev–Trinajstić information content (AvgIpc) is 2.51. The van der Waals surface area contributed by atoms with E-state index >= 15 is 0 Å². The summed E-state index contributed by atoms with van der Waals surface area (Å²) in [7, 11) is 0. The number of hydrogen-bond donors (Lipinski definition) is 6. The molecule has 0 aliphatic carbocycles. The zero-order valence-electron chi connectivity index (χ0n) is 12.7. The van der Waals surface area contributed by atoms with Crippen molar-refractivity contribution in [2.24, 2.45) is 5.92 Å². The highest BCUT2D eigenvalue weighted by molar-refractivity contribution is 5.93. The third kappa shape index (κ3) is 4.99. The topological polar surface area (TPSA) is 156 Å². The number of carbonyl (C=O) groups excluding carboxylic acids is 1. The average molecular weight is 322 g/mol. The van der Waals surface area contributed by atoms with E-state index in [1.165, 1.54) is 0 Å². The number of carbonyl (C=O) groups is 2. The molecule has 0 saturated heterocycles. The highest BCUT2D eigenvalue weighted by Crippen LogP contribution is 2.30. The minimum atomic E-state index is -2.87. The first kappa shape index (κ1) is 20.9. The number of rotatable bonds is 12. The number of hydrogen-bond acceptors (Lipinski definition) is 7.